The highest BCUT2D eigenvalue weighted by atomic mass is 16.1. The number of hydrogen-bond acceptors (Lipinski definition) is 4. The molecule has 0 unspecified atom stereocenters. The Morgan fingerprint density at radius 3 is 2.90 bits per heavy atom. The zero-order chi connectivity index (χ0) is 14.7. The summed E-state index contributed by atoms with van der Waals surface area (Å²) in [5.74, 6) is -0.198. The van der Waals surface area contributed by atoms with Crippen LogP contribution in [0.4, 0.5) is 11.4 Å². The summed E-state index contributed by atoms with van der Waals surface area (Å²) in [4.78, 5) is 20.6. The molecule has 2 heterocycles. The Kier molecular flexibility index (Phi) is 3.47. The van der Waals surface area contributed by atoms with Crippen molar-refractivity contribution in [3.05, 3.63) is 60.6 Å². The average molecular weight is 278 g/mol. The third-order valence-electron chi connectivity index (χ3n) is 3.20. The van der Waals surface area contributed by atoms with Crippen LogP contribution in [0.5, 0.6) is 0 Å². The van der Waals surface area contributed by atoms with Gasteiger partial charge in [-0.15, -0.1) is 0 Å². The predicted octanol–water partition coefficient (Wildman–Crippen LogP) is 2.92. The summed E-state index contributed by atoms with van der Waals surface area (Å²) in [6, 6.07) is 11.2. The number of hydrogen-bond donors (Lipinski definition) is 2. The van der Waals surface area contributed by atoms with E-state index < -0.39 is 0 Å². The molecular formula is C16H14N4O. The van der Waals surface area contributed by atoms with Crippen molar-refractivity contribution >= 4 is 28.2 Å². The zero-order valence-electron chi connectivity index (χ0n) is 11.5. The molecule has 2 N–H and O–H groups in total. The Labute approximate surface area is 122 Å². The van der Waals surface area contributed by atoms with E-state index in [4.69, 9.17) is 0 Å². The van der Waals surface area contributed by atoms with Crippen molar-refractivity contribution in [3.8, 4) is 0 Å². The van der Waals surface area contributed by atoms with Crippen LogP contribution in [0.15, 0.2) is 55.0 Å². The molecule has 0 aliphatic rings. The molecule has 1 amide bonds. The largest absolute Gasteiger partial charge is 0.387 e. The highest BCUT2D eigenvalue weighted by molar-refractivity contribution is 6.08. The molecule has 0 aliphatic heterocycles. The van der Waals surface area contributed by atoms with Crippen molar-refractivity contribution in [1.82, 2.24) is 9.97 Å². The minimum Gasteiger partial charge on any atom is -0.387 e. The smallest absolute Gasteiger partial charge is 0.259 e. The number of fused-ring (bicyclic) bond motifs is 1. The predicted molar refractivity (Wildman–Crippen MR) is 83.5 cm³/mol. The van der Waals surface area contributed by atoms with Crippen LogP contribution in [0.25, 0.3) is 10.9 Å². The molecule has 0 atom stereocenters. The molecular weight excluding hydrogens is 264 g/mol. The van der Waals surface area contributed by atoms with Crippen molar-refractivity contribution in [2.45, 2.75) is 0 Å². The lowest BCUT2D eigenvalue weighted by molar-refractivity contribution is 0.102. The van der Waals surface area contributed by atoms with E-state index in [1.165, 1.54) is 0 Å². The molecule has 0 fully saturated rings. The molecule has 21 heavy (non-hydrogen) atoms. The van der Waals surface area contributed by atoms with Gasteiger partial charge in [0.05, 0.1) is 11.1 Å². The third-order valence-corrected chi connectivity index (χ3v) is 3.20. The number of nitrogens with zero attached hydrogens (tertiary/aromatic N) is 2. The van der Waals surface area contributed by atoms with E-state index in [-0.39, 0.29) is 5.91 Å². The molecule has 0 aliphatic carbocycles. The Morgan fingerprint density at radius 2 is 2.05 bits per heavy atom. The van der Waals surface area contributed by atoms with Crippen LogP contribution < -0.4 is 10.6 Å². The standard InChI is InChI=1S/C16H14N4O/c1-17-15-6-8-18-10-13(15)16(21)20-12-4-5-14-11(9-12)3-2-7-19-14/h2-10H,1H3,(H,17,18)(H,20,21). The van der Waals surface area contributed by atoms with Gasteiger partial charge in [0.25, 0.3) is 5.91 Å². The van der Waals surface area contributed by atoms with Crippen molar-refractivity contribution in [1.29, 1.82) is 0 Å². The zero-order valence-corrected chi connectivity index (χ0v) is 11.5. The van der Waals surface area contributed by atoms with Gasteiger partial charge in [0, 0.05) is 42.4 Å². The maximum atomic E-state index is 12.3. The highest BCUT2D eigenvalue weighted by Gasteiger charge is 2.11. The quantitative estimate of drug-likeness (QED) is 0.773. The monoisotopic (exact) mass is 278 g/mol. The lowest BCUT2D eigenvalue weighted by atomic mass is 10.2. The molecule has 5 nitrogen and oxygen atoms in total. The maximum Gasteiger partial charge on any atom is 0.259 e. The fourth-order valence-corrected chi connectivity index (χ4v) is 2.15. The molecule has 3 rings (SSSR count). The molecule has 2 aromatic heterocycles. The minimum absolute atomic E-state index is 0.198. The van der Waals surface area contributed by atoms with E-state index in [1.807, 2.05) is 30.3 Å². The van der Waals surface area contributed by atoms with Crippen LogP contribution in [-0.4, -0.2) is 22.9 Å². The van der Waals surface area contributed by atoms with Crippen LogP contribution in [0.3, 0.4) is 0 Å². The van der Waals surface area contributed by atoms with Crippen LogP contribution in [-0.2, 0) is 0 Å². The summed E-state index contributed by atoms with van der Waals surface area (Å²) >= 11 is 0. The maximum absolute atomic E-state index is 12.3. The number of amides is 1. The number of anilines is 2. The number of carbonyl (C=O) groups is 1. The third kappa shape index (κ3) is 2.67. The molecule has 104 valence electrons. The minimum atomic E-state index is -0.198. The normalized spacial score (nSPS) is 10.3. The average Bonchev–Trinajstić information content (AvgIpc) is 2.54. The molecule has 0 spiro atoms. The van der Waals surface area contributed by atoms with E-state index in [0.717, 1.165) is 22.3 Å². The second-order valence-electron chi connectivity index (χ2n) is 4.54. The Hall–Kier alpha value is -2.95. The molecule has 0 radical (unpaired) electrons. The topological polar surface area (TPSA) is 66.9 Å². The first-order valence-corrected chi connectivity index (χ1v) is 6.56. The number of aromatic nitrogens is 2. The number of benzene rings is 1. The lowest BCUT2D eigenvalue weighted by Crippen LogP contribution is -2.14. The van der Waals surface area contributed by atoms with Crippen LogP contribution in [0.1, 0.15) is 10.4 Å². The van der Waals surface area contributed by atoms with Gasteiger partial charge in [-0.1, -0.05) is 6.07 Å². The summed E-state index contributed by atoms with van der Waals surface area (Å²) in [6.07, 6.45) is 4.93. The second-order valence-corrected chi connectivity index (χ2v) is 4.54. The molecule has 5 heteroatoms. The van der Waals surface area contributed by atoms with E-state index in [2.05, 4.69) is 20.6 Å². The van der Waals surface area contributed by atoms with Crippen LogP contribution >= 0.6 is 0 Å². The van der Waals surface area contributed by atoms with Gasteiger partial charge in [-0.3, -0.25) is 14.8 Å². The van der Waals surface area contributed by atoms with Gasteiger partial charge in [0.1, 0.15) is 0 Å². The SMILES string of the molecule is CNc1ccncc1C(=O)Nc1ccc2ncccc2c1. The highest BCUT2D eigenvalue weighted by Crippen LogP contribution is 2.19. The molecule has 3 aromatic rings. The second kappa shape index (κ2) is 5.58. The van der Waals surface area contributed by atoms with Crippen LogP contribution in [0, 0.1) is 0 Å². The van der Waals surface area contributed by atoms with Crippen molar-refractivity contribution in [3.63, 3.8) is 0 Å². The van der Waals surface area contributed by atoms with E-state index in [9.17, 15) is 4.79 Å². The van der Waals surface area contributed by atoms with Crippen molar-refractivity contribution < 1.29 is 4.79 Å². The summed E-state index contributed by atoms with van der Waals surface area (Å²) in [5.41, 5.74) is 2.87. The van der Waals surface area contributed by atoms with Crippen molar-refractivity contribution in [2.75, 3.05) is 17.7 Å². The Balaban J connectivity index is 1.89. The molecule has 0 saturated carbocycles. The van der Waals surface area contributed by atoms with E-state index >= 15 is 0 Å². The van der Waals surface area contributed by atoms with Gasteiger partial charge in [0.15, 0.2) is 0 Å². The first kappa shape index (κ1) is 13.1. The fraction of sp³-hybridized carbons (Fsp3) is 0.0625. The Morgan fingerprint density at radius 1 is 1.14 bits per heavy atom. The first-order valence-electron chi connectivity index (χ1n) is 6.56. The van der Waals surface area contributed by atoms with Gasteiger partial charge < -0.3 is 10.6 Å². The summed E-state index contributed by atoms with van der Waals surface area (Å²) in [7, 11) is 1.77. The van der Waals surface area contributed by atoms with Crippen molar-refractivity contribution in [2.24, 2.45) is 0 Å². The number of nitrogens with one attached hydrogen (secondary N) is 2. The molecule has 1 aromatic carbocycles. The van der Waals surface area contributed by atoms with Gasteiger partial charge >= 0.3 is 0 Å². The number of rotatable bonds is 3. The van der Waals surface area contributed by atoms with Gasteiger partial charge in [-0.25, -0.2) is 0 Å². The molecule has 0 bridgehead atoms. The number of carbonyl (C=O) groups excluding carboxylic acids is 1. The number of pyridine rings is 2. The van der Waals surface area contributed by atoms with E-state index in [1.54, 1.807) is 31.7 Å². The molecule has 0 saturated heterocycles. The summed E-state index contributed by atoms with van der Waals surface area (Å²) in [6.45, 7) is 0. The Bertz CT molecular complexity index is 801. The van der Waals surface area contributed by atoms with Gasteiger partial charge in [-0.05, 0) is 30.3 Å². The summed E-state index contributed by atoms with van der Waals surface area (Å²) in [5, 5.41) is 6.84. The summed E-state index contributed by atoms with van der Waals surface area (Å²) < 4.78 is 0. The van der Waals surface area contributed by atoms with E-state index in [0.29, 0.717) is 5.56 Å². The first-order chi connectivity index (χ1) is 10.3. The van der Waals surface area contributed by atoms with Gasteiger partial charge in [-0.2, -0.15) is 0 Å². The van der Waals surface area contributed by atoms with Crippen LogP contribution in [0.2, 0.25) is 0 Å². The lowest BCUT2D eigenvalue weighted by Gasteiger charge is -2.09. The fourth-order valence-electron chi connectivity index (χ4n) is 2.15. The van der Waals surface area contributed by atoms with Gasteiger partial charge in [0.2, 0.25) is 0 Å².